The summed E-state index contributed by atoms with van der Waals surface area (Å²) in [5, 5.41) is 5.64. The fourth-order valence-corrected chi connectivity index (χ4v) is 3.79. The van der Waals surface area contributed by atoms with E-state index in [9.17, 15) is 0 Å². The molecule has 0 radical (unpaired) electrons. The number of nitrogens with zero attached hydrogens (tertiary/aromatic N) is 2. The molecule has 3 rings (SSSR count). The van der Waals surface area contributed by atoms with Gasteiger partial charge in [-0.15, -0.1) is 11.3 Å². The van der Waals surface area contributed by atoms with Gasteiger partial charge in [0.25, 0.3) is 0 Å². The summed E-state index contributed by atoms with van der Waals surface area (Å²) in [4.78, 5) is 5.76. The molecule has 1 atom stereocenters. The van der Waals surface area contributed by atoms with Gasteiger partial charge in [0.2, 0.25) is 0 Å². The van der Waals surface area contributed by atoms with E-state index in [1.165, 1.54) is 11.1 Å². The first-order valence-corrected chi connectivity index (χ1v) is 8.75. The second-order valence-electron chi connectivity index (χ2n) is 5.16. The van der Waals surface area contributed by atoms with Crippen molar-refractivity contribution in [1.82, 2.24) is 14.7 Å². The van der Waals surface area contributed by atoms with Gasteiger partial charge in [0.15, 0.2) is 4.96 Å². The molecule has 0 aliphatic carbocycles. The number of fused-ring (bicyclic) bond motifs is 1. The molecule has 0 bridgehead atoms. The third-order valence-corrected chi connectivity index (χ3v) is 5.03. The van der Waals surface area contributed by atoms with Gasteiger partial charge in [-0.25, -0.2) is 4.98 Å². The van der Waals surface area contributed by atoms with Crippen molar-refractivity contribution in [3.63, 3.8) is 0 Å². The van der Waals surface area contributed by atoms with Crippen LogP contribution in [0.4, 0.5) is 0 Å². The molecule has 0 fully saturated rings. The molecule has 0 saturated carbocycles. The number of aromatic nitrogens is 2. The number of aryl methyl sites for hydroxylation is 1. The molecule has 1 unspecified atom stereocenters. The highest BCUT2D eigenvalue weighted by atomic mass is 79.9. The van der Waals surface area contributed by atoms with E-state index < -0.39 is 0 Å². The second-order valence-corrected chi connectivity index (χ2v) is 6.89. The van der Waals surface area contributed by atoms with E-state index in [0.29, 0.717) is 0 Å². The van der Waals surface area contributed by atoms with E-state index in [1.807, 2.05) is 0 Å². The standard InChI is InChI=1S/C16H18BrN3S/c1-3-18-15(13-8-11(2)4-5-14(13)17)9-12-10-20-6-7-21-16(20)19-12/h4-8,10,15,18H,3,9H2,1-2H3. The number of rotatable bonds is 5. The van der Waals surface area contributed by atoms with Crippen LogP contribution in [0.1, 0.15) is 29.8 Å². The van der Waals surface area contributed by atoms with Crippen molar-refractivity contribution in [2.45, 2.75) is 26.3 Å². The lowest BCUT2D eigenvalue weighted by atomic mass is 10.0. The van der Waals surface area contributed by atoms with Crippen molar-refractivity contribution in [2.75, 3.05) is 6.54 Å². The summed E-state index contributed by atoms with van der Waals surface area (Å²) in [6.07, 6.45) is 5.07. The Labute approximate surface area is 137 Å². The van der Waals surface area contributed by atoms with Crippen LogP contribution in [0.15, 0.2) is 40.4 Å². The van der Waals surface area contributed by atoms with Crippen LogP contribution in [0.5, 0.6) is 0 Å². The maximum atomic E-state index is 4.70. The Kier molecular flexibility index (Phi) is 4.42. The lowest BCUT2D eigenvalue weighted by Crippen LogP contribution is -2.23. The second kappa shape index (κ2) is 6.30. The molecule has 2 heterocycles. The lowest BCUT2D eigenvalue weighted by Gasteiger charge is -2.19. The van der Waals surface area contributed by atoms with Crippen molar-refractivity contribution < 1.29 is 0 Å². The summed E-state index contributed by atoms with van der Waals surface area (Å²) < 4.78 is 3.24. The number of hydrogen-bond donors (Lipinski definition) is 1. The molecule has 1 aromatic carbocycles. The Morgan fingerprint density at radius 3 is 3.05 bits per heavy atom. The van der Waals surface area contributed by atoms with E-state index in [0.717, 1.165) is 28.1 Å². The smallest absolute Gasteiger partial charge is 0.193 e. The first-order valence-electron chi connectivity index (χ1n) is 7.08. The SMILES string of the molecule is CCNC(Cc1cn2ccsc2n1)c1cc(C)ccc1Br. The summed E-state index contributed by atoms with van der Waals surface area (Å²) in [7, 11) is 0. The van der Waals surface area contributed by atoms with Crippen LogP contribution in [0, 0.1) is 6.92 Å². The molecular formula is C16H18BrN3S. The molecule has 1 N–H and O–H groups in total. The Morgan fingerprint density at radius 1 is 1.43 bits per heavy atom. The number of benzene rings is 1. The van der Waals surface area contributed by atoms with Crippen LogP contribution in [0.25, 0.3) is 4.96 Å². The minimum Gasteiger partial charge on any atom is -0.310 e. The van der Waals surface area contributed by atoms with Gasteiger partial charge >= 0.3 is 0 Å². The number of likely N-dealkylation sites (N-methyl/N-ethyl adjacent to an activating group) is 1. The molecular weight excluding hydrogens is 346 g/mol. The number of thiazole rings is 1. The third kappa shape index (κ3) is 3.20. The highest BCUT2D eigenvalue weighted by Gasteiger charge is 2.16. The van der Waals surface area contributed by atoms with Crippen molar-refractivity contribution in [1.29, 1.82) is 0 Å². The third-order valence-electron chi connectivity index (χ3n) is 3.53. The van der Waals surface area contributed by atoms with E-state index >= 15 is 0 Å². The molecule has 0 aliphatic heterocycles. The van der Waals surface area contributed by atoms with Gasteiger partial charge in [-0.05, 0) is 25.1 Å². The summed E-state index contributed by atoms with van der Waals surface area (Å²) in [5.41, 5.74) is 3.70. The zero-order valence-electron chi connectivity index (χ0n) is 12.1. The largest absolute Gasteiger partial charge is 0.310 e. The monoisotopic (exact) mass is 363 g/mol. The molecule has 5 heteroatoms. The van der Waals surface area contributed by atoms with Gasteiger partial charge in [-0.1, -0.05) is 40.5 Å². The average molecular weight is 364 g/mol. The molecule has 2 aromatic heterocycles. The fraction of sp³-hybridized carbons (Fsp3) is 0.312. The van der Waals surface area contributed by atoms with Gasteiger partial charge in [0.05, 0.1) is 5.69 Å². The van der Waals surface area contributed by atoms with E-state index in [2.05, 4.69) is 75.5 Å². The van der Waals surface area contributed by atoms with Crippen LogP contribution < -0.4 is 5.32 Å². The summed E-state index contributed by atoms with van der Waals surface area (Å²) in [5.74, 6) is 0. The quantitative estimate of drug-likeness (QED) is 0.729. The van der Waals surface area contributed by atoms with Crippen molar-refractivity contribution in [3.05, 3.63) is 57.3 Å². The minimum absolute atomic E-state index is 0.272. The maximum absolute atomic E-state index is 4.70. The summed E-state index contributed by atoms with van der Waals surface area (Å²) in [6.45, 7) is 5.21. The Hall–Kier alpha value is -1.17. The van der Waals surface area contributed by atoms with Gasteiger partial charge in [0, 0.05) is 34.7 Å². The molecule has 21 heavy (non-hydrogen) atoms. The number of imidazole rings is 1. The zero-order valence-corrected chi connectivity index (χ0v) is 14.5. The highest BCUT2D eigenvalue weighted by molar-refractivity contribution is 9.10. The van der Waals surface area contributed by atoms with E-state index in [1.54, 1.807) is 11.3 Å². The van der Waals surface area contributed by atoms with Crippen LogP contribution >= 0.6 is 27.3 Å². The normalized spacial score (nSPS) is 12.9. The number of halogens is 1. The highest BCUT2D eigenvalue weighted by Crippen LogP contribution is 2.27. The van der Waals surface area contributed by atoms with Crippen molar-refractivity contribution in [3.8, 4) is 0 Å². The number of hydrogen-bond acceptors (Lipinski definition) is 3. The zero-order chi connectivity index (χ0) is 14.8. The Morgan fingerprint density at radius 2 is 2.29 bits per heavy atom. The Balaban J connectivity index is 1.90. The van der Waals surface area contributed by atoms with Gasteiger partial charge < -0.3 is 5.32 Å². The molecule has 0 aliphatic rings. The maximum Gasteiger partial charge on any atom is 0.193 e. The van der Waals surface area contributed by atoms with Crippen LogP contribution in [-0.2, 0) is 6.42 Å². The first-order chi connectivity index (χ1) is 10.2. The minimum atomic E-state index is 0.272. The molecule has 0 amide bonds. The fourth-order valence-electron chi connectivity index (χ4n) is 2.55. The predicted octanol–water partition coefficient (Wildman–Crippen LogP) is 4.36. The van der Waals surface area contributed by atoms with Crippen LogP contribution in [-0.4, -0.2) is 15.9 Å². The van der Waals surface area contributed by atoms with Gasteiger partial charge in [-0.3, -0.25) is 4.40 Å². The summed E-state index contributed by atoms with van der Waals surface area (Å²) >= 11 is 5.35. The lowest BCUT2D eigenvalue weighted by molar-refractivity contribution is 0.543. The van der Waals surface area contributed by atoms with Crippen molar-refractivity contribution in [2.24, 2.45) is 0 Å². The molecule has 0 spiro atoms. The molecule has 110 valence electrons. The predicted molar refractivity (Wildman–Crippen MR) is 92.1 cm³/mol. The molecule has 0 saturated heterocycles. The molecule has 3 aromatic rings. The van der Waals surface area contributed by atoms with Gasteiger partial charge in [-0.2, -0.15) is 0 Å². The topological polar surface area (TPSA) is 29.3 Å². The number of nitrogens with one attached hydrogen (secondary N) is 1. The molecule has 3 nitrogen and oxygen atoms in total. The Bertz CT molecular complexity index is 718. The van der Waals surface area contributed by atoms with Gasteiger partial charge in [0.1, 0.15) is 0 Å². The average Bonchev–Trinajstić information content (AvgIpc) is 3.02. The van der Waals surface area contributed by atoms with E-state index in [-0.39, 0.29) is 6.04 Å². The first kappa shape index (κ1) is 14.8. The van der Waals surface area contributed by atoms with Crippen LogP contribution in [0.3, 0.4) is 0 Å². The van der Waals surface area contributed by atoms with Crippen LogP contribution in [0.2, 0.25) is 0 Å². The van der Waals surface area contributed by atoms with E-state index in [4.69, 9.17) is 4.98 Å². The van der Waals surface area contributed by atoms with Crippen molar-refractivity contribution >= 4 is 32.2 Å². The summed E-state index contributed by atoms with van der Waals surface area (Å²) in [6, 6.07) is 6.77.